The van der Waals surface area contributed by atoms with Crippen molar-refractivity contribution in [1.29, 1.82) is 0 Å². The molecule has 1 unspecified atom stereocenters. The number of hydrogen-bond acceptors (Lipinski definition) is 3. The largest absolute Gasteiger partial charge is 0.381 e. The molecule has 1 atom stereocenters. The summed E-state index contributed by atoms with van der Waals surface area (Å²) in [7, 11) is 0. The first-order valence-electron chi connectivity index (χ1n) is 6.36. The van der Waals surface area contributed by atoms with E-state index >= 15 is 0 Å². The predicted molar refractivity (Wildman–Crippen MR) is 67.8 cm³/mol. The molecule has 0 radical (unpaired) electrons. The van der Waals surface area contributed by atoms with Gasteiger partial charge >= 0.3 is 0 Å². The third-order valence-corrected chi connectivity index (χ3v) is 3.41. The molecule has 0 aromatic carbocycles. The van der Waals surface area contributed by atoms with Crippen LogP contribution < -0.4 is 0 Å². The first-order chi connectivity index (χ1) is 8.85. The minimum Gasteiger partial charge on any atom is -0.381 e. The van der Waals surface area contributed by atoms with Crippen LogP contribution >= 0.6 is 0 Å². The molecule has 0 aliphatic carbocycles. The van der Waals surface area contributed by atoms with Gasteiger partial charge in [0, 0.05) is 31.2 Å². The van der Waals surface area contributed by atoms with Gasteiger partial charge in [-0.25, -0.2) is 4.98 Å². The molecule has 4 nitrogen and oxygen atoms in total. The fourth-order valence-electron chi connectivity index (χ4n) is 2.49. The van der Waals surface area contributed by atoms with Crippen LogP contribution in [0.15, 0.2) is 24.5 Å². The van der Waals surface area contributed by atoms with Crippen LogP contribution in [0.1, 0.15) is 28.9 Å². The summed E-state index contributed by atoms with van der Waals surface area (Å²) in [4.78, 5) is 15.3. The number of imidazole rings is 1. The Morgan fingerprint density at radius 3 is 3.17 bits per heavy atom. The quantitative estimate of drug-likeness (QED) is 0.777. The number of ether oxygens (including phenoxy) is 1. The summed E-state index contributed by atoms with van der Waals surface area (Å²) >= 11 is 0. The smallest absolute Gasteiger partial charge is 0.151 e. The summed E-state index contributed by atoms with van der Waals surface area (Å²) in [5, 5.41) is 0. The van der Waals surface area contributed by atoms with Crippen molar-refractivity contribution in [2.45, 2.75) is 19.3 Å². The zero-order valence-corrected chi connectivity index (χ0v) is 10.2. The number of aromatic nitrogens is 2. The fraction of sp³-hybridized carbons (Fsp3) is 0.429. The molecule has 2 aromatic heterocycles. The number of nitrogens with zero attached hydrogens (tertiary/aromatic N) is 2. The summed E-state index contributed by atoms with van der Waals surface area (Å²) in [5.74, 6) is 0.578. The van der Waals surface area contributed by atoms with Crippen molar-refractivity contribution in [3.63, 3.8) is 0 Å². The molecule has 1 saturated heterocycles. The van der Waals surface area contributed by atoms with Crippen molar-refractivity contribution in [3.8, 4) is 0 Å². The first kappa shape index (κ1) is 11.4. The molecule has 4 heteroatoms. The Kier molecular flexibility index (Phi) is 3.11. The Hall–Kier alpha value is -1.68. The second kappa shape index (κ2) is 4.90. The summed E-state index contributed by atoms with van der Waals surface area (Å²) in [5.41, 5.74) is 2.65. The molecule has 0 amide bonds. The van der Waals surface area contributed by atoms with Crippen molar-refractivity contribution < 1.29 is 9.53 Å². The third-order valence-electron chi connectivity index (χ3n) is 3.41. The molecule has 0 spiro atoms. The highest BCUT2D eigenvalue weighted by Crippen LogP contribution is 2.19. The number of carbonyl (C=O) groups excluding carboxylic acids is 1. The molecule has 0 N–H and O–H groups in total. The Bertz CT molecular complexity index is 556. The monoisotopic (exact) mass is 244 g/mol. The molecule has 18 heavy (non-hydrogen) atoms. The second-order valence-corrected chi connectivity index (χ2v) is 4.87. The van der Waals surface area contributed by atoms with Gasteiger partial charge in [-0.15, -0.1) is 0 Å². The van der Waals surface area contributed by atoms with E-state index < -0.39 is 0 Å². The number of pyridine rings is 1. The minimum atomic E-state index is 0.578. The van der Waals surface area contributed by atoms with Crippen LogP contribution in [0.3, 0.4) is 0 Å². The fourth-order valence-corrected chi connectivity index (χ4v) is 2.49. The number of aldehydes is 1. The van der Waals surface area contributed by atoms with Crippen molar-refractivity contribution in [2.75, 3.05) is 13.2 Å². The van der Waals surface area contributed by atoms with Crippen LogP contribution in [0.5, 0.6) is 0 Å². The highest BCUT2D eigenvalue weighted by molar-refractivity contribution is 5.74. The summed E-state index contributed by atoms with van der Waals surface area (Å²) in [6.07, 6.45) is 8.00. The van der Waals surface area contributed by atoms with E-state index in [2.05, 4.69) is 4.98 Å². The lowest BCUT2D eigenvalue weighted by molar-refractivity contribution is 0.0547. The number of rotatable bonds is 3. The van der Waals surface area contributed by atoms with Crippen molar-refractivity contribution in [1.82, 2.24) is 9.38 Å². The van der Waals surface area contributed by atoms with E-state index in [9.17, 15) is 4.79 Å². The molecule has 0 saturated carbocycles. The Balaban J connectivity index is 1.81. The van der Waals surface area contributed by atoms with Gasteiger partial charge in [0.2, 0.25) is 0 Å². The van der Waals surface area contributed by atoms with E-state index in [-0.39, 0.29) is 0 Å². The van der Waals surface area contributed by atoms with E-state index in [1.54, 1.807) is 6.07 Å². The van der Waals surface area contributed by atoms with Crippen molar-refractivity contribution in [3.05, 3.63) is 35.8 Å². The lowest BCUT2D eigenvalue weighted by Gasteiger charge is -2.20. The topological polar surface area (TPSA) is 43.6 Å². The first-order valence-corrected chi connectivity index (χ1v) is 6.36. The van der Waals surface area contributed by atoms with Crippen LogP contribution in [0, 0.1) is 5.92 Å². The Labute approximate surface area is 106 Å². The van der Waals surface area contributed by atoms with E-state index in [1.807, 2.05) is 22.9 Å². The standard InChI is InChI=1S/C14H16N2O2/c17-9-12-3-4-14-15-13(8-16(14)7-12)6-11-2-1-5-18-10-11/h3-4,7-9,11H,1-2,5-6,10H2. The van der Waals surface area contributed by atoms with Crippen LogP contribution in [0.25, 0.3) is 5.65 Å². The third kappa shape index (κ3) is 2.29. The lowest BCUT2D eigenvalue weighted by atomic mass is 9.97. The van der Waals surface area contributed by atoms with E-state index in [0.717, 1.165) is 43.7 Å². The molecule has 1 fully saturated rings. The normalized spacial score (nSPS) is 20.1. The average Bonchev–Trinajstić information content (AvgIpc) is 2.80. The van der Waals surface area contributed by atoms with Gasteiger partial charge < -0.3 is 9.14 Å². The van der Waals surface area contributed by atoms with Crippen LogP contribution in [0.2, 0.25) is 0 Å². The summed E-state index contributed by atoms with van der Waals surface area (Å²) in [6.45, 7) is 1.73. The van der Waals surface area contributed by atoms with Gasteiger partial charge in [0.1, 0.15) is 5.65 Å². The molecule has 1 aliphatic rings. The van der Waals surface area contributed by atoms with E-state index in [1.165, 1.54) is 6.42 Å². The predicted octanol–water partition coefficient (Wildman–Crippen LogP) is 2.12. The highest BCUT2D eigenvalue weighted by atomic mass is 16.5. The summed E-state index contributed by atoms with van der Waals surface area (Å²) < 4.78 is 7.40. The molecule has 1 aliphatic heterocycles. The molecule has 3 rings (SSSR count). The number of fused-ring (bicyclic) bond motifs is 1. The maximum absolute atomic E-state index is 10.7. The van der Waals surface area contributed by atoms with Crippen molar-refractivity contribution in [2.24, 2.45) is 5.92 Å². The molecule has 0 bridgehead atoms. The zero-order valence-electron chi connectivity index (χ0n) is 10.2. The summed E-state index contributed by atoms with van der Waals surface area (Å²) in [6, 6.07) is 3.67. The van der Waals surface area contributed by atoms with Crippen molar-refractivity contribution >= 4 is 11.9 Å². The Morgan fingerprint density at radius 2 is 2.39 bits per heavy atom. The molecule has 94 valence electrons. The van der Waals surface area contributed by atoms with Gasteiger partial charge in [-0.05, 0) is 37.3 Å². The second-order valence-electron chi connectivity index (χ2n) is 4.87. The number of carbonyl (C=O) groups is 1. The molecular weight excluding hydrogens is 228 g/mol. The maximum atomic E-state index is 10.7. The lowest BCUT2D eigenvalue weighted by Crippen LogP contribution is -2.19. The van der Waals surface area contributed by atoms with Crippen LogP contribution in [0.4, 0.5) is 0 Å². The van der Waals surface area contributed by atoms with Gasteiger partial charge in [-0.3, -0.25) is 4.79 Å². The van der Waals surface area contributed by atoms with Crippen LogP contribution in [-0.2, 0) is 11.2 Å². The average molecular weight is 244 g/mol. The van der Waals surface area contributed by atoms with Gasteiger partial charge in [0.15, 0.2) is 6.29 Å². The Morgan fingerprint density at radius 1 is 1.44 bits per heavy atom. The highest BCUT2D eigenvalue weighted by Gasteiger charge is 2.16. The molecule has 3 heterocycles. The van der Waals surface area contributed by atoms with Gasteiger partial charge in [-0.2, -0.15) is 0 Å². The number of hydrogen-bond donors (Lipinski definition) is 0. The van der Waals surface area contributed by atoms with E-state index in [0.29, 0.717) is 11.5 Å². The van der Waals surface area contributed by atoms with Gasteiger partial charge in [-0.1, -0.05) is 0 Å². The molecule has 2 aromatic rings. The zero-order chi connectivity index (χ0) is 12.4. The molecular formula is C14H16N2O2. The van der Waals surface area contributed by atoms with E-state index in [4.69, 9.17) is 4.74 Å². The van der Waals surface area contributed by atoms with Crippen LogP contribution in [-0.4, -0.2) is 28.9 Å². The van der Waals surface area contributed by atoms with Gasteiger partial charge in [0.25, 0.3) is 0 Å². The van der Waals surface area contributed by atoms with Gasteiger partial charge in [0.05, 0.1) is 5.69 Å². The SMILES string of the molecule is O=Cc1ccc2nc(CC3CCCOC3)cn2c1. The maximum Gasteiger partial charge on any atom is 0.151 e. The minimum absolute atomic E-state index is 0.578.